The van der Waals surface area contributed by atoms with Crippen molar-refractivity contribution in [3.63, 3.8) is 0 Å². The lowest BCUT2D eigenvalue weighted by atomic mass is 9.99. The fourth-order valence-corrected chi connectivity index (χ4v) is 3.56. The molecule has 4 rings (SSSR count). The van der Waals surface area contributed by atoms with Crippen LogP contribution in [0.4, 0.5) is 0 Å². The molecule has 1 N–H and O–H groups in total. The van der Waals surface area contributed by atoms with Crippen molar-refractivity contribution in [1.29, 1.82) is 0 Å². The van der Waals surface area contributed by atoms with Crippen LogP contribution in [0.25, 0.3) is 5.69 Å². The molecular weight excluding hydrogens is 350 g/mol. The molecule has 3 aromatic rings. The van der Waals surface area contributed by atoms with E-state index in [2.05, 4.69) is 15.4 Å². The number of hydrogen-bond acceptors (Lipinski definition) is 4. The Morgan fingerprint density at radius 3 is 2.73 bits per heavy atom. The minimum Gasteiger partial charge on any atom is -0.316 e. The Balaban J connectivity index is 1.78. The van der Waals surface area contributed by atoms with Gasteiger partial charge in [-0.1, -0.05) is 35.9 Å². The Morgan fingerprint density at radius 2 is 2.00 bits per heavy atom. The van der Waals surface area contributed by atoms with Crippen molar-refractivity contribution >= 4 is 11.6 Å². The first kappa shape index (κ1) is 17.0. The molecule has 1 saturated heterocycles. The van der Waals surface area contributed by atoms with Crippen LogP contribution < -0.4 is 11.0 Å². The zero-order valence-corrected chi connectivity index (χ0v) is 15.1. The summed E-state index contributed by atoms with van der Waals surface area (Å²) in [7, 11) is 0. The van der Waals surface area contributed by atoms with Gasteiger partial charge in [0.2, 0.25) is 0 Å². The Hall–Kier alpha value is -2.44. The van der Waals surface area contributed by atoms with Gasteiger partial charge in [0, 0.05) is 12.5 Å². The van der Waals surface area contributed by atoms with Crippen LogP contribution in [0.15, 0.2) is 53.3 Å². The van der Waals surface area contributed by atoms with Gasteiger partial charge in [-0.25, -0.2) is 19.0 Å². The van der Waals surface area contributed by atoms with E-state index in [-0.39, 0.29) is 11.6 Å². The van der Waals surface area contributed by atoms with Gasteiger partial charge >= 0.3 is 5.69 Å². The predicted molar refractivity (Wildman–Crippen MR) is 101 cm³/mol. The fraction of sp³-hybridized carbons (Fsp3) is 0.316. The van der Waals surface area contributed by atoms with Crippen LogP contribution >= 0.6 is 11.6 Å². The SMILES string of the molecule is O=c1n(Cc2cccc(Cl)n2)nc([C@H]2CCCNC2)n1-c1ccccc1. The zero-order valence-electron chi connectivity index (χ0n) is 14.3. The molecule has 6 nitrogen and oxygen atoms in total. The van der Waals surface area contributed by atoms with Gasteiger partial charge in [0.25, 0.3) is 0 Å². The molecule has 0 spiro atoms. The smallest absolute Gasteiger partial charge is 0.316 e. The summed E-state index contributed by atoms with van der Waals surface area (Å²) in [5, 5.41) is 8.49. The Kier molecular flexibility index (Phi) is 4.86. The average molecular weight is 370 g/mol. The van der Waals surface area contributed by atoms with Crippen LogP contribution in [0.2, 0.25) is 5.15 Å². The number of benzene rings is 1. The summed E-state index contributed by atoms with van der Waals surface area (Å²) >= 11 is 5.97. The van der Waals surface area contributed by atoms with Crippen molar-refractivity contribution in [1.82, 2.24) is 24.6 Å². The third-order valence-electron chi connectivity index (χ3n) is 4.63. The number of nitrogens with one attached hydrogen (secondary N) is 1. The molecule has 0 saturated carbocycles. The highest BCUT2D eigenvalue weighted by molar-refractivity contribution is 6.29. The number of hydrogen-bond donors (Lipinski definition) is 1. The number of pyridine rings is 1. The molecular formula is C19H20ClN5O. The monoisotopic (exact) mass is 369 g/mol. The van der Waals surface area contributed by atoms with Crippen LogP contribution in [0.5, 0.6) is 0 Å². The van der Waals surface area contributed by atoms with Gasteiger partial charge in [-0.05, 0) is 43.7 Å². The van der Waals surface area contributed by atoms with Crippen molar-refractivity contribution in [3.05, 3.63) is 75.7 Å². The van der Waals surface area contributed by atoms with E-state index >= 15 is 0 Å². The predicted octanol–water partition coefficient (Wildman–Crippen LogP) is 2.60. The summed E-state index contributed by atoms with van der Waals surface area (Å²) in [6.07, 6.45) is 2.10. The second-order valence-electron chi connectivity index (χ2n) is 6.46. The molecule has 2 aromatic heterocycles. The van der Waals surface area contributed by atoms with E-state index in [0.29, 0.717) is 17.4 Å². The average Bonchev–Trinajstić information content (AvgIpc) is 2.99. The highest BCUT2D eigenvalue weighted by atomic mass is 35.5. The van der Waals surface area contributed by atoms with Gasteiger partial charge in [0.15, 0.2) is 0 Å². The van der Waals surface area contributed by atoms with E-state index in [1.54, 1.807) is 10.6 Å². The molecule has 1 atom stereocenters. The summed E-state index contributed by atoms with van der Waals surface area (Å²) in [6.45, 7) is 2.14. The van der Waals surface area contributed by atoms with Crippen molar-refractivity contribution in [2.75, 3.05) is 13.1 Å². The molecule has 0 bridgehead atoms. The highest BCUT2D eigenvalue weighted by Gasteiger charge is 2.24. The van der Waals surface area contributed by atoms with Crippen molar-refractivity contribution in [3.8, 4) is 5.69 Å². The minimum atomic E-state index is -0.154. The summed E-state index contributed by atoms with van der Waals surface area (Å²) in [5.41, 5.74) is 1.40. The van der Waals surface area contributed by atoms with Crippen LogP contribution in [-0.4, -0.2) is 32.4 Å². The Bertz CT molecular complexity index is 944. The first-order chi connectivity index (χ1) is 12.7. The molecule has 3 heterocycles. The van der Waals surface area contributed by atoms with Crippen LogP contribution in [0.3, 0.4) is 0 Å². The fourth-order valence-electron chi connectivity index (χ4n) is 3.38. The van der Waals surface area contributed by atoms with E-state index < -0.39 is 0 Å². The van der Waals surface area contributed by atoms with E-state index in [9.17, 15) is 4.79 Å². The zero-order chi connectivity index (χ0) is 17.9. The number of nitrogens with zero attached hydrogens (tertiary/aromatic N) is 4. The van der Waals surface area contributed by atoms with Crippen LogP contribution in [0.1, 0.15) is 30.3 Å². The number of halogens is 1. The highest BCUT2D eigenvalue weighted by Crippen LogP contribution is 2.23. The summed E-state index contributed by atoms with van der Waals surface area (Å²) in [6, 6.07) is 15.1. The molecule has 1 fully saturated rings. The molecule has 134 valence electrons. The molecule has 0 radical (unpaired) electrons. The normalized spacial score (nSPS) is 17.3. The third-order valence-corrected chi connectivity index (χ3v) is 4.84. The molecule has 0 aliphatic carbocycles. The molecule has 0 amide bonds. The van der Waals surface area contributed by atoms with E-state index in [0.717, 1.165) is 37.4 Å². The van der Waals surface area contributed by atoms with Crippen molar-refractivity contribution in [2.45, 2.75) is 25.3 Å². The Labute approximate surface area is 156 Å². The lowest BCUT2D eigenvalue weighted by Gasteiger charge is -2.22. The van der Waals surface area contributed by atoms with Gasteiger partial charge in [0.1, 0.15) is 11.0 Å². The van der Waals surface area contributed by atoms with Crippen LogP contribution in [-0.2, 0) is 6.54 Å². The quantitative estimate of drug-likeness (QED) is 0.718. The van der Waals surface area contributed by atoms with E-state index in [1.807, 2.05) is 42.5 Å². The largest absolute Gasteiger partial charge is 0.350 e. The van der Waals surface area contributed by atoms with E-state index in [4.69, 9.17) is 11.6 Å². The minimum absolute atomic E-state index is 0.154. The van der Waals surface area contributed by atoms with E-state index in [1.165, 1.54) is 4.68 Å². The second kappa shape index (κ2) is 7.43. The summed E-state index contributed by atoms with van der Waals surface area (Å²) in [5.74, 6) is 1.01. The van der Waals surface area contributed by atoms with Gasteiger partial charge in [0.05, 0.1) is 17.9 Å². The maximum atomic E-state index is 13.1. The molecule has 26 heavy (non-hydrogen) atoms. The van der Waals surface area contributed by atoms with Crippen LogP contribution in [0, 0.1) is 0 Å². The molecule has 1 aliphatic rings. The molecule has 0 unspecified atom stereocenters. The van der Waals surface area contributed by atoms with Gasteiger partial charge in [-0.2, -0.15) is 5.10 Å². The van der Waals surface area contributed by atoms with Gasteiger partial charge < -0.3 is 5.32 Å². The van der Waals surface area contributed by atoms with Gasteiger partial charge in [-0.15, -0.1) is 0 Å². The maximum absolute atomic E-state index is 13.1. The standard InChI is InChI=1S/C19H20ClN5O/c20-17-10-4-7-15(22-17)13-24-19(26)25(16-8-2-1-3-9-16)18(23-24)14-6-5-11-21-12-14/h1-4,7-10,14,21H,5-6,11-13H2/t14-/m0/s1. The number of para-hydroxylation sites is 1. The summed E-state index contributed by atoms with van der Waals surface area (Å²) < 4.78 is 3.21. The molecule has 1 aliphatic heterocycles. The first-order valence-electron chi connectivity index (χ1n) is 8.80. The van der Waals surface area contributed by atoms with Crippen molar-refractivity contribution < 1.29 is 0 Å². The molecule has 1 aromatic carbocycles. The Morgan fingerprint density at radius 1 is 1.15 bits per heavy atom. The second-order valence-corrected chi connectivity index (χ2v) is 6.85. The third kappa shape index (κ3) is 3.43. The first-order valence-corrected chi connectivity index (χ1v) is 9.17. The lowest BCUT2D eigenvalue weighted by molar-refractivity contribution is 0.439. The number of piperidine rings is 1. The number of rotatable bonds is 4. The lowest BCUT2D eigenvalue weighted by Crippen LogP contribution is -2.31. The summed E-state index contributed by atoms with van der Waals surface area (Å²) in [4.78, 5) is 17.4. The molecule has 7 heteroatoms. The topological polar surface area (TPSA) is 64.7 Å². The number of aromatic nitrogens is 4. The van der Waals surface area contributed by atoms with Crippen molar-refractivity contribution in [2.24, 2.45) is 0 Å². The van der Waals surface area contributed by atoms with Gasteiger partial charge in [-0.3, -0.25) is 0 Å². The maximum Gasteiger partial charge on any atom is 0.350 e.